The summed E-state index contributed by atoms with van der Waals surface area (Å²) < 4.78 is 15.4. The van der Waals surface area contributed by atoms with E-state index in [9.17, 15) is 19.5 Å². The Kier molecular flexibility index (Phi) is 4.55. The molecule has 0 aliphatic carbocycles. The van der Waals surface area contributed by atoms with Gasteiger partial charge in [-0.25, -0.2) is 0 Å². The van der Waals surface area contributed by atoms with Gasteiger partial charge in [0.2, 0.25) is 0 Å². The lowest BCUT2D eigenvalue weighted by atomic mass is 9.76. The van der Waals surface area contributed by atoms with E-state index in [4.69, 9.17) is 9.15 Å². The summed E-state index contributed by atoms with van der Waals surface area (Å²) in [7, 11) is 1.27. The number of aryl methyl sites for hydroxylation is 1. The van der Waals surface area contributed by atoms with E-state index in [0.717, 1.165) is 0 Å². The van der Waals surface area contributed by atoms with Gasteiger partial charge in [-0.3, -0.25) is 14.4 Å². The first-order chi connectivity index (χ1) is 11.9. The fraction of sp³-hybridized carbons (Fsp3) is 0.588. The number of rotatable bonds is 4. The maximum atomic E-state index is 13.0. The van der Waals surface area contributed by atoms with Crippen LogP contribution in [0, 0.1) is 18.3 Å². The van der Waals surface area contributed by atoms with Crippen molar-refractivity contribution in [1.82, 2.24) is 4.90 Å². The van der Waals surface area contributed by atoms with E-state index in [-0.39, 0.29) is 37.2 Å². The Hall–Kier alpha value is -2.35. The van der Waals surface area contributed by atoms with Crippen molar-refractivity contribution in [2.45, 2.75) is 19.8 Å². The summed E-state index contributed by atoms with van der Waals surface area (Å²) in [5.74, 6) is -1.66. The average Bonchev–Trinajstić information content (AvgIpc) is 3.16. The van der Waals surface area contributed by atoms with E-state index in [1.807, 2.05) is 0 Å². The van der Waals surface area contributed by atoms with Crippen LogP contribution >= 0.6 is 0 Å². The second kappa shape index (κ2) is 6.51. The minimum absolute atomic E-state index is 0.0914. The number of fused-ring (bicyclic) bond motifs is 1. The highest BCUT2D eigenvalue weighted by Crippen LogP contribution is 2.42. The second-order valence-corrected chi connectivity index (χ2v) is 6.65. The van der Waals surface area contributed by atoms with Gasteiger partial charge in [0.05, 0.1) is 25.5 Å². The number of furan rings is 1. The molecule has 1 amide bonds. The Labute approximate surface area is 144 Å². The van der Waals surface area contributed by atoms with Crippen molar-refractivity contribution in [3.05, 3.63) is 23.2 Å². The smallest absolute Gasteiger partial charge is 0.314 e. The average molecular weight is 351 g/mol. The zero-order chi connectivity index (χ0) is 18.2. The molecule has 1 aromatic rings. The van der Waals surface area contributed by atoms with E-state index in [1.165, 1.54) is 18.3 Å². The van der Waals surface area contributed by atoms with Crippen LogP contribution < -0.4 is 0 Å². The number of aliphatic carboxylic acids is 1. The number of carbonyl (C=O) groups is 3. The molecule has 2 aliphatic heterocycles. The predicted octanol–water partition coefficient (Wildman–Crippen LogP) is 0.867. The van der Waals surface area contributed by atoms with Crippen LogP contribution in [-0.2, 0) is 25.5 Å². The number of carboxylic acid groups (broad SMARTS) is 1. The Bertz CT molecular complexity index is 710. The summed E-state index contributed by atoms with van der Waals surface area (Å²) in [4.78, 5) is 37.9. The number of likely N-dealkylation sites (tertiary alicyclic amines) is 1. The second-order valence-electron chi connectivity index (χ2n) is 6.65. The van der Waals surface area contributed by atoms with Gasteiger partial charge in [0, 0.05) is 25.3 Å². The number of esters is 1. The van der Waals surface area contributed by atoms with Gasteiger partial charge in [0.15, 0.2) is 0 Å². The molecule has 8 heteroatoms. The highest BCUT2D eigenvalue weighted by molar-refractivity contribution is 5.98. The lowest BCUT2D eigenvalue weighted by Gasteiger charge is -2.33. The number of methoxy groups -OCH3 is 1. The number of nitrogens with zero attached hydrogens (tertiary/aromatic N) is 1. The van der Waals surface area contributed by atoms with Crippen LogP contribution in [0.3, 0.4) is 0 Å². The first kappa shape index (κ1) is 17.5. The van der Waals surface area contributed by atoms with Gasteiger partial charge in [0.1, 0.15) is 17.6 Å². The highest BCUT2D eigenvalue weighted by atomic mass is 16.5. The first-order valence-corrected chi connectivity index (χ1v) is 8.13. The third kappa shape index (κ3) is 2.90. The molecular formula is C17H21NO7. The molecule has 8 nitrogen and oxygen atoms in total. The van der Waals surface area contributed by atoms with Crippen LogP contribution in [0.2, 0.25) is 0 Å². The number of carbonyl (C=O) groups excluding carboxylic acids is 2. The van der Waals surface area contributed by atoms with Gasteiger partial charge in [-0.05, 0) is 19.3 Å². The van der Waals surface area contributed by atoms with Crippen molar-refractivity contribution in [2.75, 3.05) is 33.4 Å². The molecular weight excluding hydrogens is 330 g/mol. The molecule has 136 valence electrons. The molecule has 0 aromatic carbocycles. The lowest BCUT2D eigenvalue weighted by molar-refractivity contribution is -0.159. The third-order valence-electron chi connectivity index (χ3n) is 5.18. The van der Waals surface area contributed by atoms with E-state index in [2.05, 4.69) is 4.74 Å². The fourth-order valence-electron chi connectivity index (χ4n) is 3.72. The Balaban J connectivity index is 1.86. The standard InChI is InChI=1S/C17H21NO7/c1-10-7-25-12(5-13(19)23-2)14(10)15(20)18-6-11-3-4-24-9-17(11,8-18)16(21)22/h7,11H,3-6,8-9H2,1-2H3,(H,21,22)/t11-,17+/m0/s1. The largest absolute Gasteiger partial charge is 0.481 e. The monoisotopic (exact) mass is 351 g/mol. The minimum atomic E-state index is -1.06. The molecule has 1 aromatic heterocycles. The summed E-state index contributed by atoms with van der Waals surface area (Å²) in [6.07, 6.45) is 1.88. The van der Waals surface area contributed by atoms with Crippen LogP contribution in [0.1, 0.15) is 28.1 Å². The summed E-state index contributed by atoms with van der Waals surface area (Å²) in [6.45, 7) is 2.78. The van der Waals surface area contributed by atoms with E-state index >= 15 is 0 Å². The van der Waals surface area contributed by atoms with Gasteiger partial charge in [-0.1, -0.05) is 0 Å². The quantitative estimate of drug-likeness (QED) is 0.802. The molecule has 0 saturated carbocycles. The molecule has 0 bridgehead atoms. The molecule has 3 heterocycles. The molecule has 2 fully saturated rings. The molecule has 3 rings (SSSR count). The van der Waals surface area contributed by atoms with Gasteiger partial charge in [-0.15, -0.1) is 0 Å². The number of hydrogen-bond donors (Lipinski definition) is 1. The summed E-state index contributed by atoms with van der Waals surface area (Å²) in [6, 6.07) is 0. The van der Waals surface area contributed by atoms with Crippen LogP contribution in [0.5, 0.6) is 0 Å². The van der Waals surface area contributed by atoms with Crippen LogP contribution in [0.4, 0.5) is 0 Å². The molecule has 0 unspecified atom stereocenters. The Morgan fingerprint density at radius 3 is 2.84 bits per heavy atom. The molecule has 1 N–H and O–H groups in total. The van der Waals surface area contributed by atoms with Crippen molar-refractivity contribution < 1.29 is 33.4 Å². The molecule has 2 aliphatic rings. The van der Waals surface area contributed by atoms with Crippen molar-refractivity contribution in [3.63, 3.8) is 0 Å². The molecule has 2 saturated heterocycles. The lowest BCUT2D eigenvalue weighted by Crippen LogP contribution is -2.46. The number of ether oxygens (including phenoxy) is 2. The van der Waals surface area contributed by atoms with Crippen molar-refractivity contribution in [3.8, 4) is 0 Å². The van der Waals surface area contributed by atoms with Crippen molar-refractivity contribution in [1.29, 1.82) is 0 Å². The Morgan fingerprint density at radius 1 is 1.44 bits per heavy atom. The topological polar surface area (TPSA) is 106 Å². The van der Waals surface area contributed by atoms with Gasteiger partial charge in [0.25, 0.3) is 5.91 Å². The van der Waals surface area contributed by atoms with Gasteiger partial charge >= 0.3 is 11.9 Å². The molecule has 2 atom stereocenters. The van der Waals surface area contributed by atoms with Crippen LogP contribution in [-0.4, -0.2) is 61.3 Å². The van der Waals surface area contributed by atoms with E-state index in [0.29, 0.717) is 30.7 Å². The zero-order valence-corrected chi connectivity index (χ0v) is 14.2. The van der Waals surface area contributed by atoms with Gasteiger partial charge < -0.3 is 23.9 Å². The molecule has 0 spiro atoms. The molecule has 0 radical (unpaired) electrons. The van der Waals surface area contributed by atoms with E-state index in [1.54, 1.807) is 6.92 Å². The molecule has 25 heavy (non-hydrogen) atoms. The normalized spacial score (nSPS) is 25.5. The van der Waals surface area contributed by atoms with Crippen molar-refractivity contribution >= 4 is 17.8 Å². The maximum Gasteiger partial charge on any atom is 0.314 e. The van der Waals surface area contributed by atoms with Crippen molar-refractivity contribution in [2.24, 2.45) is 11.3 Å². The minimum Gasteiger partial charge on any atom is -0.481 e. The number of hydrogen-bond acceptors (Lipinski definition) is 6. The summed E-state index contributed by atoms with van der Waals surface area (Å²) in [5, 5.41) is 9.69. The maximum absolute atomic E-state index is 13.0. The number of amides is 1. The Morgan fingerprint density at radius 2 is 2.20 bits per heavy atom. The van der Waals surface area contributed by atoms with E-state index < -0.39 is 17.4 Å². The summed E-state index contributed by atoms with van der Waals surface area (Å²) in [5.41, 5.74) is -0.140. The predicted molar refractivity (Wildman–Crippen MR) is 84.1 cm³/mol. The van der Waals surface area contributed by atoms with Crippen LogP contribution in [0.25, 0.3) is 0 Å². The first-order valence-electron chi connectivity index (χ1n) is 8.13. The van der Waals surface area contributed by atoms with Gasteiger partial charge in [-0.2, -0.15) is 0 Å². The SMILES string of the molecule is COC(=O)Cc1occ(C)c1C(=O)N1C[C@@H]2CCOC[C@]2(C(=O)O)C1. The fourth-order valence-corrected chi connectivity index (χ4v) is 3.72. The summed E-state index contributed by atoms with van der Waals surface area (Å²) >= 11 is 0. The third-order valence-corrected chi connectivity index (χ3v) is 5.18. The highest BCUT2D eigenvalue weighted by Gasteiger charge is 2.55. The van der Waals surface area contributed by atoms with Crippen LogP contribution in [0.15, 0.2) is 10.7 Å². The zero-order valence-electron chi connectivity index (χ0n) is 14.2. The number of carboxylic acids is 1.